The molecule has 1 aromatic heterocycles. The molecule has 1 heterocycles. The highest BCUT2D eigenvalue weighted by atomic mass is 32.1. The van der Waals surface area contributed by atoms with Crippen molar-refractivity contribution in [3.63, 3.8) is 0 Å². The minimum atomic E-state index is -0.355. The van der Waals surface area contributed by atoms with Crippen molar-refractivity contribution in [3.8, 4) is 0 Å². The van der Waals surface area contributed by atoms with Crippen molar-refractivity contribution < 1.29 is 5.11 Å². The van der Waals surface area contributed by atoms with E-state index in [4.69, 9.17) is 0 Å². The summed E-state index contributed by atoms with van der Waals surface area (Å²) in [5.74, 6) is 1.50. The molecule has 2 atom stereocenters. The number of aliphatic hydroxyl groups is 1. The predicted octanol–water partition coefficient (Wildman–Crippen LogP) is 2.81. The van der Waals surface area contributed by atoms with Crippen molar-refractivity contribution in [1.29, 1.82) is 0 Å². The van der Waals surface area contributed by atoms with Crippen molar-refractivity contribution >= 4 is 11.3 Å². The number of aliphatic hydroxyl groups excluding tert-OH is 1. The van der Waals surface area contributed by atoms with Gasteiger partial charge in [-0.2, -0.15) is 11.3 Å². The lowest BCUT2D eigenvalue weighted by atomic mass is 9.99. The van der Waals surface area contributed by atoms with Crippen LogP contribution in [0.25, 0.3) is 0 Å². The summed E-state index contributed by atoms with van der Waals surface area (Å²) in [6, 6.07) is 2.58. The Morgan fingerprint density at radius 2 is 2.25 bits per heavy atom. The molecule has 2 nitrogen and oxygen atoms in total. The first-order valence-electron chi connectivity index (χ1n) is 6.12. The third kappa shape index (κ3) is 3.06. The van der Waals surface area contributed by atoms with Crippen molar-refractivity contribution in [3.05, 3.63) is 22.4 Å². The lowest BCUT2D eigenvalue weighted by molar-refractivity contribution is 0.163. The largest absolute Gasteiger partial charge is 0.387 e. The van der Waals surface area contributed by atoms with Crippen LogP contribution < -0.4 is 5.32 Å². The zero-order chi connectivity index (χ0) is 11.5. The summed E-state index contributed by atoms with van der Waals surface area (Å²) in [6.07, 6.45) is 2.35. The standard InChI is InChI=1S/C13H21NOS/c1-9(2)13(10-3-4-10)14-7-12(15)11-5-6-16-8-11/h5-6,8-10,12-15H,3-4,7H2,1-2H3. The van der Waals surface area contributed by atoms with E-state index >= 15 is 0 Å². The quantitative estimate of drug-likeness (QED) is 0.800. The van der Waals surface area contributed by atoms with Crippen molar-refractivity contribution in [2.75, 3.05) is 6.54 Å². The Labute approximate surface area is 102 Å². The van der Waals surface area contributed by atoms with Crippen LogP contribution in [-0.4, -0.2) is 17.7 Å². The normalized spacial score (nSPS) is 20.0. The first kappa shape index (κ1) is 12.1. The molecule has 0 saturated heterocycles. The molecule has 1 aliphatic carbocycles. The van der Waals surface area contributed by atoms with Crippen LogP contribution >= 0.6 is 11.3 Å². The Bertz CT molecular complexity index is 304. The van der Waals surface area contributed by atoms with Crippen LogP contribution in [0, 0.1) is 11.8 Å². The minimum absolute atomic E-state index is 0.355. The maximum atomic E-state index is 9.99. The maximum absolute atomic E-state index is 9.99. The first-order chi connectivity index (χ1) is 7.68. The van der Waals surface area contributed by atoms with E-state index in [0.29, 0.717) is 18.5 Å². The molecular formula is C13H21NOS. The fraction of sp³-hybridized carbons (Fsp3) is 0.692. The summed E-state index contributed by atoms with van der Waals surface area (Å²) in [7, 11) is 0. The Balaban J connectivity index is 1.81. The molecule has 0 spiro atoms. The Morgan fingerprint density at radius 3 is 2.75 bits per heavy atom. The number of hydrogen-bond acceptors (Lipinski definition) is 3. The second-order valence-electron chi connectivity index (χ2n) is 5.09. The van der Waals surface area contributed by atoms with Crippen LogP contribution in [0.1, 0.15) is 38.4 Å². The molecule has 3 heteroatoms. The predicted molar refractivity (Wildman–Crippen MR) is 68.6 cm³/mol. The van der Waals surface area contributed by atoms with Gasteiger partial charge in [0.15, 0.2) is 0 Å². The number of nitrogens with one attached hydrogen (secondary N) is 1. The van der Waals surface area contributed by atoms with Gasteiger partial charge in [0.25, 0.3) is 0 Å². The van der Waals surface area contributed by atoms with Crippen molar-refractivity contribution in [1.82, 2.24) is 5.32 Å². The Hall–Kier alpha value is -0.380. The van der Waals surface area contributed by atoms with Gasteiger partial charge in [0.05, 0.1) is 6.10 Å². The third-order valence-electron chi connectivity index (χ3n) is 3.32. The molecule has 16 heavy (non-hydrogen) atoms. The highest BCUT2D eigenvalue weighted by Crippen LogP contribution is 2.35. The van der Waals surface area contributed by atoms with E-state index < -0.39 is 0 Å². The van der Waals surface area contributed by atoms with E-state index in [1.165, 1.54) is 12.8 Å². The van der Waals surface area contributed by atoms with Gasteiger partial charge in [-0.1, -0.05) is 13.8 Å². The van der Waals surface area contributed by atoms with E-state index in [1.54, 1.807) is 11.3 Å². The van der Waals surface area contributed by atoms with E-state index in [9.17, 15) is 5.11 Å². The SMILES string of the molecule is CC(C)C(NCC(O)c1ccsc1)C1CC1. The topological polar surface area (TPSA) is 32.3 Å². The van der Waals surface area contributed by atoms with Crippen molar-refractivity contribution in [2.24, 2.45) is 11.8 Å². The average molecular weight is 239 g/mol. The van der Waals surface area contributed by atoms with Gasteiger partial charge in [-0.25, -0.2) is 0 Å². The zero-order valence-electron chi connectivity index (χ0n) is 10.0. The summed E-state index contributed by atoms with van der Waals surface area (Å²) in [4.78, 5) is 0. The monoisotopic (exact) mass is 239 g/mol. The molecule has 2 unspecified atom stereocenters. The van der Waals surface area contributed by atoms with Gasteiger partial charge < -0.3 is 10.4 Å². The molecule has 0 bridgehead atoms. The molecule has 0 aliphatic heterocycles. The molecule has 0 aromatic carbocycles. The van der Waals surface area contributed by atoms with Crippen LogP contribution in [0.5, 0.6) is 0 Å². The Kier molecular flexibility index (Phi) is 4.00. The van der Waals surface area contributed by atoms with Crippen LogP contribution in [0.15, 0.2) is 16.8 Å². The van der Waals surface area contributed by atoms with E-state index in [2.05, 4.69) is 19.2 Å². The summed E-state index contributed by atoms with van der Waals surface area (Å²) in [6.45, 7) is 5.19. The number of rotatable bonds is 6. The smallest absolute Gasteiger partial charge is 0.0922 e. The van der Waals surface area contributed by atoms with Gasteiger partial charge in [0.1, 0.15) is 0 Å². The second-order valence-corrected chi connectivity index (χ2v) is 5.87. The molecule has 1 saturated carbocycles. The second kappa shape index (κ2) is 5.30. The minimum Gasteiger partial charge on any atom is -0.387 e. The molecule has 1 fully saturated rings. The number of thiophene rings is 1. The maximum Gasteiger partial charge on any atom is 0.0922 e. The van der Waals surface area contributed by atoms with Crippen LogP contribution in [0.3, 0.4) is 0 Å². The lowest BCUT2D eigenvalue weighted by Gasteiger charge is -2.23. The van der Waals surface area contributed by atoms with Gasteiger partial charge in [0.2, 0.25) is 0 Å². The first-order valence-corrected chi connectivity index (χ1v) is 7.06. The fourth-order valence-corrected chi connectivity index (χ4v) is 2.94. The van der Waals surface area contributed by atoms with E-state index in [1.807, 2.05) is 16.8 Å². The van der Waals surface area contributed by atoms with Crippen LogP contribution in [-0.2, 0) is 0 Å². The van der Waals surface area contributed by atoms with Gasteiger partial charge in [-0.15, -0.1) is 0 Å². The average Bonchev–Trinajstić information content (AvgIpc) is 2.93. The molecule has 1 aromatic rings. The fourth-order valence-electron chi connectivity index (χ4n) is 2.23. The molecule has 2 rings (SSSR count). The summed E-state index contributed by atoms with van der Waals surface area (Å²) in [5.41, 5.74) is 1.04. The lowest BCUT2D eigenvalue weighted by Crippen LogP contribution is -2.38. The summed E-state index contributed by atoms with van der Waals surface area (Å²) >= 11 is 1.64. The van der Waals surface area contributed by atoms with E-state index in [0.717, 1.165) is 11.5 Å². The molecule has 0 amide bonds. The highest BCUT2D eigenvalue weighted by Gasteiger charge is 2.32. The van der Waals surface area contributed by atoms with Gasteiger partial charge in [0, 0.05) is 12.6 Å². The zero-order valence-corrected chi connectivity index (χ0v) is 10.8. The number of hydrogen-bond donors (Lipinski definition) is 2. The van der Waals surface area contributed by atoms with Crippen LogP contribution in [0.4, 0.5) is 0 Å². The summed E-state index contributed by atoms with van der Waals surface area (Å²) in [5, 5.41) is 17.5. The molecule has 1 aliphatic rings. The van der Waals surface area contributed by atoms with Crippen LogP contribution in [0.2, 0.25) is 0 Å². The highest BCUT2D eigenvalue weighted by molar-refractivity contribution is 7.07. The molecule has 0 radical (unpaired) electrons. The van der Waals surface area contributed by atoms with Gasteiger partial charge in [-0.05, 0) is 47.1 Å². The Morgan fingerprint density at radius 1 is 1.50 bits per heavy atom. The molecule has 90 valence electrons. The van der Waals surface area contributed by atoms with Crippen molar-refractivity contribution in [2.45, 2.75) is 38.8 Å². The van der Waals surface area contributed by atoms with Gasteiger partial charge in [-0.3, -0.25) is 0 Å². The summed E-state index contributed by atoms with van der Waals surface area (Å²) < 4.78 is 0. The van der Waals surface area contributed by atoms with Gasteiger partial charge >= 0.3 is 0 Å². The van der Waals surface area contributed by atoms with E-state index in [-0.39, 0.29) is 6.10 Å². The molecule has 2 N–H and O–H groups in total. The third-order valence-corrected chi connectivity index (χ3v) is 4.02. The molecular weight excluding hydrogens is 218 g/mol.